The molecule has 0 aliphatic carbocycles. The Morgan fingerprint density at radius 3 is 3.12 bits per heavy atom. The Balaban J connectivity index is 2.18. The van der Waals surface area contributed by atoms with Gasteiger partial charge in [-0.2, -0.15) is 0 Å². The van der Waals surface area contributed by atoms with E-state index in [1.54, 1.807) is 7.11 Å². The van der Waals surface area contributed by atoms with Crippen LogP contribution in [0.4, 0.5) is 5.95 Å². The number of tetrazole rings is 1. The summed E-state index contributed by atoms with van der Waals surface area (Å²) >= 11 is 0. The number of rotatable bonds is 7. The molecule has 0 aromatic carbocycles. The van der Waals surface area contributed by atoms with Crippen LogP contribution in [-0.2, 0) is 9.53 Å². The van der Waals surface area contributed by atoms with E-state index in [1.807, 2.05) is 0 Å². The molecular weight excluding hydrogens is 214 g/mol. The molecular formula is C7H15N7O2. The number of amides is 1. The van der Waals surface area contributed by atoms with Gasteiger partial charge >= 0.3 is 0 Å². The molecule has 0 aliphatic rings. The van der Waals surface area contributed by atoms with Gasteiger partial charge < -0.3 is 10.1 Å². The lowest BCUT2D eigenvalue weighted by atomic mass is 10.4. The SMILES string of the molecule is COCCCN(N)C(=O)CNc1nnn[nH]1. The molecule has 1 aromatic rings. The quantitative estimate of drug-likeness (QED) is 0.221. The van der Waals surface area contributed by atoms with E-state index >= 15 is 0 Å². The van der Waals surface area contributed by atoms with Crippen LogP contribution in [0.25, 0.3) is 0 Å². The van der Waals surface area contributed by atoms with Crippen molar-refractivity contribution in [2.24, 2.45) is 5.84 Å². The van der Waals surface area contributed by atoms with Crippen molar-refractivity contribution < 1.29 is 9.53 Å². The number of hydrazine groups is 1. The summed E-state index contributed by atoms with van der Waals surface area (Å²) in [4.78, 5) is 11.4. The monoisotopic (exact) mass is 229 g/mol. The van der Waals surface area contributed by atoms with Crippen LogP contribution in [-0.4, -0.2) is 58.3 Å². The first-order valence-electron chi connectivity index (χ1n) is 4.75. The largest absolute Gasteiger partial charge is 0.385 e. The maximum Gasteiger partial charge on any atom is 0.255 e. The van der Waals surface area contributed by atoms with Gasteiger partial charge in [-0.05, 0) is 16.8 Å². The maximum atomic E-state index is 11.4. The molecule has 1 amide bonds. The number of methoxy groups -OCH3 is 1. The summed E-state index contributed by atoms with van der Waals surface area (Å²) < 4.78 is 4.85. The number of anilines is 1. The lowest BCUT2D eigenvalue weighted by Gasteiger charge is -2.16. The van der Waals surface area contributed by atoms with Crippen molar-refractivity contribution in [3.63, 3.8) is 0 Å². The van der Waals surface area contributed by atoms with Crippen molar-refractivity contribution in [2.75, 3.05) is 32.1 Å². The van der Waals surface area contributed by atoms with Gasteiger partial charge in [-0.25, -0.2) is 10.9 Å². The third-order valence-electron chi connectivity index (χ3n) is 1.82. The van der Waals surface area contributed by atoms with Crippen molar-refractivity contribution in [2.45, 2.75) is 6.42 Å². The third-order valence-corrected chi connectivity index (χ3v) is 1.82. The number of carbonyl (C=O) groups excluding carboxylic acids is 1. The number of hydrogen-bond donors (Lipinski definition) is 3. The summed E-state index contributed by atoms with van der Waals surface area (Å²) in [5, 5.41) is 16.6. The van der Waals surface area contributed by atoms with E-state index in [0.717, 1.165) is 5.01 Å². The summed E-state index contributed by atoms with van der Waals surface area (Å²) in [6.45, 7) is 1.06. The highest BCUT2D eigenvalue weighted by atomic mass is 16.5. The number of hydrogen-bond acceptors (Lipinski definition) is 7. The molecule has 16 heavy (non-hydrogen) atoms. The molecule has 9 heteroatoms. The molecule has 0 unspecified atom stereocenters. The number of aromatic amines is 1. The fraction of sp³-hybridized carbons (Fsp3) is 0.714. The van der Waals surface area contributed by atoms with Gasteiger partial charge in [0.1, 0.15) is 0 Å². The molecule has 0 saturated carbocycles. The molecule has 0 fully saturated rings. The highest BCUT2D eigenvalue weighted by molar-refractivity contribution is 5.79. The lowest BCUT2D eigenvalue weighted by molar-refractivity contribution is -0.129. The molecule has 4 N–H and O–H groups in total. The topological polar surface area (TPSA) is 122 Å². The highest BCUT2D eigenvalue weighted by Gasteiger charge is 2.09. The third kappa shape index (κ3) is 4.19. The predicted octanol–water partition coefficient (Wildman–Crippen LogP) is -1.65. The number of ether oxygens (including phenoxy) is 1. The molecule has 0 radical (unpaired) electrons. The van der Waals surface area contributed by atoms with E-state index in [1.165, 1.54) is 0 Å². The molecule has 0 atom stereocenters. The van der Waals surface area contributed by atoms with Crippen LogP contribution in [0.3, 0.4) is 0 Å². The van der Waals surface area contributed by atoms with Crippen LogP contribution in [0.2, 0.25) is 0 Å². The Kier molecular flexibility index (Phi) is 5.16. The van der Waals surface area contributed by atoms with Gasteiger partial charge in [0.25, 0.3) is 5.91 Å². The zero-order chi connectivity index (χ0) is 11.8. The van der Waals surface area contributed by atoms with Crippen LogP contribution in [0.5, 0.6) is 0 Å². The Bertz CT molecular complexity index is 302. The molecule has 1 rings (SSSR count). The van der Waals surface area contributed by atoms with Crippen LogP contribution in [0.15, 0.2) is 0 Å². The van der Waals surface area contributed by atoms with E-state index in [-0.39, 0.29) is 12.5 Å². The van der Waals surface area contributed by atoms with E-state index in [9.17, 15) is 4.79 Å². The van der Waals surface area contributed by atoms with Crippen molar-refractivity contribution in [3.8, 4) is 0 Å². The van der Waals surface area contributed by atoms with Gasteiger partial charge in [-0.3, -0.25) is 9.80 Å². The van der Waals surface area contributed by atoms with Crippen molar-refractivity contribution in [1.82, 2.24) is 25.6 Å². The second kappa shape index (κ2) is 6.69. The van der Waals surface area contributed by atoms with Crippen LogP contribution >= 0.6 is 0 Å². The maximum absolute atomic E-state index is 11.4. The second-order valence-electron chi connectivity index (χ2n) is 3.04. The Morgan fingerprint density at radius 2 is 2.50 bits per heavy atom. The second-order valence-corrected chi connectivity index (χ2v) is 3.04. The first-order valence-corrected chi connectivity index (χ1v) is 4.75. The Hall–Kier alpha value is -1.74. The van der Waals surface area contributed by atoms with Crippen molar-refractivity contribution in [3.05, 3.63) is 0 Å². The molecule has 90 valence electrons. The van der Waals surface area contributed by atoms with Crippen LogP contribution < -0.4 is 11.2 Å². The van der Waals surface area contributed by atoms with E-state index in [0.29, 0.717) is 25.5 Å². The zero-order valence-corrected chi connectivity index (χ0v) is 9.01. The van der Waals surface area contributed by atoms with Crippen molar-refractivity contribution >= 4 is 11.9 Å². The molecule has 0 aliphatic heterocycles. The predicted molar refractivity (Wildman–Crippen MR) is 55.1 cm³/mol. The number of nitrogens with zero attached hydrogens (tertiary/aromatic N) is 4. The summed E-state index contributed by atoms with van der Waals surface area (Å²) in [5.74, 6) is 5.61. The van der Waals surface area contributed by atoms with Gasteiger partial charge in [-0.15, -0.1) is 0 Å². The lowest BCUT2D eigenvalue weighted by Crippen LogP contribution is -2.42. The number of carbonyl (C=O) groups is 1. The van der Waals surface area contributed by atoms with Gasteiger partial charge in [0.15, 0.2) is 0 Å². The summed E-state index contributed by atoms with van der Waals surface area (Å²) in [5.41, 5.74) is 0. The van der Waals surface area contributed by atoms with Gasteiger partial charge in [0, 0.05) is 20.3 Å². The minimum atomic E-state index is -0.243. The first kappa shape index (κ1) is 12.3. The van der Waals surface area contributed by atoms with E-state index in [4.69, 9.17) is 10.6 Å². The summed E-state index contributed by atoms with van der Waals surface area (Å²) in [7, 11) is 1.60. The minimum absolute atomic E-state index is 0.0420. The summed E-state index contributed by atoms with van der Waals surface area (Å²) in [6, 6.07) is 0. The average molecular weight is 229 g/mol. The molecule has 0 spiro atoms. The molecule has 1 aromatic heterocycles. The highest BCUT2D eigenvalue weighted by Crippen LogP contribution is 1.91. The fourth-order valence-corrected chi connectivity index (χ4v) is 0.999. The van der Waals surface area contributed by atoms with E-state index in [2.05, 4.69) is 25.9 Å². The Labute approximate surface area is 92.3 Å². The smallest absolute Gasteiger partial charge is 0.255 e. The number of H-pyrrole nitrogens is 1. The fourth-order valence-electron chi connectivity index (χ4n) is 0.999. The Morgan fingerprint density at radius 1 is 1.69 bits per heavy atom. The summed E-state index contributed by atoms with van der Waals surface area (Å²) in [6.07, 6.45) is 0.697. The van der Waals surface area contributed by atoms with Gasteiger partial charge in [0.05, 0.1) is 6.54 Å². The number of nitrogens with one attached hydrogen (secondary N) is 2. The minimum Gasteiger partial charge on any atom is -0.385 e. The normalized spacial score (nSPS) is 10.1. The van der Waals surface area contributed by atoms with E-state index < -0.39 is 0 Å². The van der Waals surface area contributed by atoms with Crippen LogP contribution in [0.1, 0.15) is 6.42 Å². The zero-order valence-electron chi connectivity index (χ0n) is 9.01. The molecule has 1 heterocycles. The van der Waals surface area contributed by atoms with Crippen molar-refractivity contribution in [1.29, 1.82) is 0 Å². The first-order chi connectivity index (χ1) is 7.74. The standard InChI is InChI=1S/C7H15N7O2/c1-16-4-2-3-14(8)6(15)5-9-7-10-12-13-11-7/h2-5,8H2,1H3,(H2,9,10,11,12,13). The number of nitrogens with two attached hydrogens (primary N) is 1. The number of aromatic nitrogens is 4. The molecule has 0 bridgehead atoms. The molecule has 9 nitrogen and oxygen atoms in total. The average Bonchev–Trinajstić information content (AvgIpc) is 2.79. The van der Waals surface area contributed by atoms with Crippen LogP contribution in [0, 0.1) is 0 Å². The van der Waals surface area contributed by atoms with Gasteiger partial charge in [-0.1, -0.05) is 5.10 Å². The van der Waals surface area contributed by atoms with Gasteiger partial charge in [0.2, 0.25) is 5.95 Å². The molecule has 0 saturated heterocycles.